The first-order valence-electron chi connectivity index (χ1n) is 8.42. The molecular formula is C16H31N3. The van der Waals surface area contributed by atoms with Crippen LogP contribution in [0.15, 0.2) is 0 Å². The molecule has 19 heavy (non-hydrogen) atoms. The van der Waals surface area contributed by atoms with Crippen LogP contribution in [0.5, 0.6) is 0 Å². The molecular weight excluding hydrogens is 234 g/mol. The molecule has 0 radical (unpaired) electrons. The van der Waals surface area contributed by atoms with Crippen LogP contribution in [0.1, 0.15) is 51.4 Å². The van der Waals surface area contributed by atoms with E-state index in [2.05, 4.69) is 29.2 Å². The van der Waals surface area contributed by atoms with Crippen molar-refractivity contribution in [2.75, 3.05) is 27.2 Å². The lowest BCUT2D eigenvalue weighted by molar-refractivity contribution is 0.0273. The summed E-state index contributed by atoms with van der Waals surface area (Å²) in [5, 5.41) is 3.34. The second-order valence-corrected chi connectivity index (χ2v) is 6.96. The smallest absolute Gasteiger partial charge is 0.0128 e. The van der Waals surface area contributed by atoms with E-state index in [0.717, 1.165) is 24.2 Å². The highest BCUT2D eigenvalue weighted by Gasteiger charge is 2.41. The van der Waals surface area contributed by atoms with Gasteiger partial charge in [-0.25, -0.2) is 0 Å². The fourth-order valence-electron chi connectivity index (χ4n) is 4.78. The Balaban J connectivity index is 1.63. The zero-order chi connectivity index (χ0) is 13.2. The predicted molar refractivity (Wildman–Crippen MR) is 80.5 cm³/mol. The van der Waals surface area contributed by atoms with Gasteiger partial charge in [-0.15, -0.1) is 0 Å². The molecule has 110 valence electrons. The minimum absolute atomic E-state index is 0.856. The van der Waals surface area contributed by atoms with E-state index in [-0.39, 0.29) is 0 Å². The zero-order valence-electron chi connectivity index (χ0n) is 12.8. The fraction of sp³-hybridized carbons (Fsp3) is 1.00. The van der Waals surface area contributed by atoms with Gasteiger partial charge in [0.15, 0.2) is 0 Å². The predicted octanol–water partition coefficient (Wildman–Crippen LogP) is 2.08. The Kier molecular flexibility index (Phi) is 4.45. The highest BCUT2D eigenvalue weighted by Crippen LogP contribution is 2.38. The molecule has 3 atom stereocenters. The highest BCUT2D eigenvalue weighted by atomic mass is 15.3. The maximum absolute atomic E-state index is 3.34. The molecule has 3 heteroatoms. The Morgan fingerprint density at radius 2 is 1.74 bits per heavy atom. The largest absolute Gasteiger partial charge is 0.320 e. The molecule has 0 amide bonds. The molecule has 0 aromatic carbocycles. The van der Waals surface area contributed by atoms with Crippen molar-refractivity contribution in [3.05, 3.63) is 0 Å². The van der Waals surface area contributed by atoms with Gasteiger partial charge < -0.3 is 10.2 Å². The van der Waals surface area contributed by atoms with Gasteiger partial charge >= 0.3 is 0 Å². The van der Waals surface area contributed by atoms with Crippen molar-refractivity contribution < 1.29 is 0 Å². The molecule has 0 aromatic rings. The van der Waals surface area contributed by atoms with Gasteiger partial charge in [0, 0.05) is 24.2 Å². The van der Waals surface area contributed by atoms with E-state index in [1.54, 1.807) is 0 Å². The number of likely N-dealkylation sites (tertiary alicyclic amines) is 1. The van der Waals surface area contributed by atoms with Crippen LogP contribution >= 0.6 is 0 Å². The van der Waals surface area contributed by atoms with Crippen LogP contribution in [0.4, 0.5) is 0 Å². The summed E-state index contributed by atoms with van der Waals surface area (Å²) in [5.74, 6) is 0. The van der Waals surface area contributed by atoms with E-state index >= 15 is 0 Å². The molecule has 3 nitrogen and oxygen atoms in total. The van der Waals surface area contributed by atoms with Crippen molar-refractivity contribution in [2.24, 2.45) is 0 Å². The zero-order valence-corrected chi connectivity index (χ0v) is 12.8. The van der Waals surface area contributed by atoms with E-state index in [4.69, 9.17) is 0 Å². The average Bonchev–Trinajstić information content (AvgIpc) is 2.67. The van der Waals surface area contributed by atoms with Crippen LogP contribution in [-0.4, -0.2) is 61.2 Å². The first-order valence-corrected chi connectivity index (χ1v) is 8.42. The second kappa shape index (κ2) is 6.11. The summed E-state index contributed by atoms with van der Waals surface area (Å²) in [4.78, 5) is 5.57. The van der Waals surface area contributed by atoms with E-state index in [0.29, 0.717) is 0 Å². The molecule has 3 unspecified atom stereocenters. The van der Waals surface area contributed by atoms with Crippen molar-refractivity contribution in [1.29, 1.82) is 0 Å². The number of rotatable bonds is 4. The van der Waals surface area contributed by atoms with Gasteiger partial charge in [-0.1, -0.05) is 6.42 Å². The summed E-state index contributed by atoms with van der Waals surface area (Å²) in [6, 6.07) is 3.51. The number of hydrogen-bond donors (Lipinski definition) is 1. The summed E-state index contributed by atoms with van der Waals surface area (Å²) >= 11 is 0. The molecule has 0 aliphatic carbocycles. The van der Waals surface area contributed by atoms with Gasteiger partial charge in [0.1, 0.15) is 0 Å². The minimum atomic E-state index is 0.856. The first kappa shape index (κ1) is 13.8. The van der Waals surface area contributed by atoms with E-state index in [1.165, 1.54) is 64.5 Å². The topological polar surface area (TPSA) is 18.5 Å². The Bertz CT molecular complexity index is 280. The third-order valence-corrected chi connectivity index (χ3v) is 5.94. The first-order chi connectivity index (χ1) is 9.29. The molecule has 3 fully saturated rings. The third kappa shape index (κ3) is 2.84. The van der Waals surface area contributed by atoms with Crippen molar-refractivity contribution in [3.8, 4) is 0 Å². The monoisotopic (exact) mass is 265 g/mol. The molecule has 3 saturated heterocycles. The Morgan fingerprint density at radius 3 is 2.42 bits per heavy atom. The molecule has 2 bridgehead atoms. The van der Waals surface area contributed by atoms with E-state index in [1.807, 2.05) is 0 Å². The van der Waals surface area contributed by atoms with Crippen LogP contribution in [-0.2, 0) is 0 Å². The number of nitrogens with one attached hydrogen (secondary N) is 1. The molecule has 0 spiro atoms. The van der Waals surface area contributed by atoms with Crippen LogP contribution in [0, 0.1) is 0 Å². The third-order valence-electron chi connectivity index (χ3n) is 5.94. The molecule has 3 aliphatic heterocycles. The lowest BCUT2D eigenvalue weighted by Crippen LogP contribution is -2.53. The molecule has 0 saturated carbocycles. The number of fused-ring (bicyclic) bond motifs is 2. The molecule has 0 aromatic heterocycles. The van der Waals surface area contributed by atoms with Gasteiger partial charge in [-0.2, -0.15) is 0 Å². The summed E-state index contributed by atoms with van der Waals surface area (Å²) in [7, 11) is 4.44. The summed E-state index contributed by atoms with van der Waals surface area (Å²) in [6.45, 7) is 2.54. The van der Waals surface area contributed by atoms with Crippen LogP contribution in [0.2, 0.25) is 0 Å². The van der Waals surface area contributed by atoms with Crippen LogP contribution in [0.25, 0.3) is 0 Å². The summed E-state index contributed by atoms with van der Waals surface area (Å²) < 4.78 is 0. The standard InChI is InChI=1S/C16H31N3/c1-17-9-8-13-5-3-4-10-19(13)16-11-14-6-7-15(12-16)18(14)2/h13-17H,3-12H2,1-2H3. The molecule has 3 heterocycles. The van der Waals surface area contributed by atoms with E-state index in [9.17, 15) is 0 Å². The summed E-state index contributed by atoms with van der Waals surface area (Å²) in [5.41, 5.74) is 0. The van der Waals surface area contributed by atoms with Gasteiger partial charge in [0.05, 0.1) is 0 Å². The Labute approximate surface area is 118 Å². The number of piperidine rings is 2. The van der Waals surface area contributed by atoms with Gasteiger partial charge in [0.25, 0.3) is 0 Å². The minimum Gasteiger partial charge on any atom is -0.320 e. The number of nitrogens with zero attached hydrogens (tertiary/aromatic N) is 2. The normalized spacial score (nSPS) is 40.7. The summed E-state index contributed by atoms with van der Waals surface area (Å²) in [6.07, 6.45) is 11.4. The van der Waals surface area contributed by atoms with Crippen LogP contribution in [0.3, 0.4) is 0 Å². The maximum atomic E-state index is 3.34. The Morgan fingerprint density at radius 1 is 1.00 bits per heavy atom. The highest BCUT2D eigenvalue weighted by molar-refractivity contribution is 4.98. The van der Waals surface area contributed by atoms with Crippen molar-refractivity contribution >= 4 is 0 Å². The SMILES string of the molecule is CNCCC1CCCCN1C1CC2CCC(C1)N2C. The van der Waals surface area contributed by atoms with Gasteiger partial charge in [0.2, 0.25) is 0 Å². The van der Waals surface area contributed by atoms with Crippen LogP contribution < -0.4 is 5.32 Å². The number of hydrogen-bond acceptors (Lipinski definition) is 3. The van der Waals surface area contributed by atoms with Gasteiger partial charge in [-0.05, 0) is 72.1 Å². The quantitative estimate of drug-likeness (QED) is 0.839. The van der Waals surface area contributed by atoms with Gasteiger partial charge in [-0.3, -0.25) is 4.90 Å². The Hall–Kier alpha value is -0.120. The average molecular weight is 265 g/mol. The van der Waals surface area contributed by atoms with E-state index < -0.39 is 0 Å². The lowest BCUT2D eigenvalue weighted by atomic mass is 9.90. The molecule has 3 rings (SSSR count). The van der Waals surface area contributed by atoms with Crippen molar-refractivity contribution in [2.45, 2.75) is 75.5 Å². The lowest BCUT2D eigenvalue weighted by Gasteiger charge is -2.47. The van der Waals surface area contributed by atoms with Crippen molar-refractivity contribution in [1.82, 2.24) is 15.1 Å². The fourth-order valence-corrected chi connectivity index (χ4v) is 4.78. The van der Waals surface area contributed by atoms with Crippen molar-refractivity contribution in [3.63, 3.8) is 0 Å². The second-order valence-electron chi connectivity index (χ2n) is 6.96. The molecule has 1 N–H and O–H groups in total. The maximum Gasteiger partial charge on any atom is 0.0128 e. The molecule has 3 aliphatic rings.